The predicted molar refractivity (Wildman–Crippen MR) is 127 cm³/mol. The zero-order valence-corrected chi connectivity index (χ0v) is 20.3. The molecule has 10 heteroatoms. The van der Waals surface area contributed by atoms with Crippen molar-refractivity contribution in [3.63, 3.8) is 0 Å². The lowest BCUT2D eigenvalue weighted by Crippen LogP contribution is -2.21. The Balaban J connectivity index is 0.000000286. The fourth-order valence-electron chi connectivity index (χ4n) is 4.64. The molecule has 1 aliphatic carbocycles. The second-order valence-electron chi connectivity index (χ2n) is 9.81. The minimum absolute atomic E-state index is 0.157. The Morgan fingerprint density at radius 3 is 2.39 bits per heavy atom. The molecule has 6 rings (SSSR count). The van der Waals surface area contributed by atoms with Gasteiger partial charge in [-0.3, -0.25) is 4.40 Å². The van der Waals surface area contributed by atoms with Crippen LogP contribution in [-0.2, 0) is 6.42 Å². The molecule has 2 aromatic heterocycles. The van der Waals surface area contributed by atoms with Crippen LogP contribution in [0.4, 0.5) is 33.5 Å². The quantitative estimate of drug-likeness (QED) is 0.263. The van der Waals surface area contributed by atoms with E-state index in [0.717, 1.165) is 31.0 Å². The number of alkyl halides is 3. The normalized spacial score (nSPS) is 16.9. The Labute approximate surface area is 205 Å². The average molecular weight is 504 g/mol. The van der Waals surface area contributed by atoms with Crippen molar-refractivity contribution in [2.45, 2.75) is 59.1 Å². The number of hydrogen-bond donors (Lipinski definition) is 0. The number of benzene rings is 2. The van der Waals surface area contributed by atoms with Gasteiger partial charge in [0.25, 0.3) is 5.78 Å². The van der Waals surface area contributed by atoms with E-state index in [4.69, 9.17) is 0 Å². The SMILES string of the molecule is CC1(C(F)(F)F)CC1.Cc1cccc2c1CCCCN2c1nc2nnc(C)n2c2ccc(F)c(F)c12. The third-order valence-electron chi connectivity index (χ3n) is 7.23. The van der Waals surface area contributed by atoms with Crippen molar-refractivity contribution in [2.75, 3.05) is 11.4 Å². The minimum Gasteiger partial charge on any atom is -0.325 e. The molecule has 0 bridgehead atoms. The lowest BCUT2D eigenvalue weighted by molar-refractivity contribution is -0.181. The highest BCUT2D eigenvalue weighted by molar-refractivity contribution is 5.94. The van der Waals surface area contributed by atoms with Gasteiger partial charge in [-0.2, -0.15) is 18.2 Å². The molecule has 0 saturated heterocycles. The van der Waals surface area contributed by atoms with Crippen molar-refractivity contribution < 1.29 is 22.0 Å². The first-order chi connectivity index (χ1) is 17.0. The zero-order chi connectivity index (χ0) is 25.8. The molecular formula is C26H26F5N5. The summed E-state index contributed by atoms with van der Waals surface area (Å²) in [5.74, 6) is -0.435. The lowest BCUT2D eigenvalue weighted by atomic mass is 10.0. The first kappa shape index (κ1) is 24.4. The van der Waals surface area contributed by atoms with Crippen molar-refractivity contribution in [1.29, 1.82) is 0 Å². The zero-order valence-electron chi connectivity index (χ0n) is 20.3. The first-order valence-electron chi connectivity index (χ1n) is 11.9. The van der Waals surface area contributed by atoms with E-state index in [-0.39, 0.29) is 5.39 Å². The Morgan fingerprint density at radius 1 is 0.972 bits per heavy atom. The van der Waals surface area contributed by atoms with Crippen LogP contribution < -0.4 is 4.90 Å². The van der Waals surface area contributed by atoms with E-state index in [1.165, 1.54) is 18.1 Å². The number of anilines is 2. The van der Waals surface area contributed by atoms with Gasteiger partial charge in [-0.15, -0.1) is 10.2 Å². The van der Waals surface area contributed by atoms with Crippen LogP contribution in [0, 0.1) is 30.9 Å². The molecular weight excluding hydrogens is 477 g/mol. The summed E-state index contributed by atoms with van der Waals surface area (Å²) in [5, 5.41) is 8.37. The van der Waals surface area contributed by atoms with Gasteiger partial charge in [-0.25, -0.2) is 8.78 Å². The molecule has 0 spiro atoms. The van der Waals surface area contributed by atoms with Crippen LogP contribution in [0.1, 0.15) is 49.6 Å². The summed E-state index contributed by atoms with van der Waals surface area (Å²) < 4.78 is 65.8. The molecule has 5 nitrogen and oxygen atoms in total. The number of aromatic nitrogens is 4. The monoisotopic (exact) mass is 503 g/mol. The standard InChI is InChI=1S/C21H19F2N5.C5H7F3/c1-12-6-5-8-16-14(12)7-3-4-11-27(16)20-18-17(10-9-15(22)19(18)23)28-13(2)25-26-21(28)24-20;1-4(2-3-4)5(6,7)8/h5-6,8-10H,3-4,7,11H2,1-2H3;2-3H2,1H3. The fourth-order valence-corrected chi connectivity index (χ4v) is 4.64. The molecule has 3 heterocycles. The van der Waals surface area contributed by atoms with Crippen LogP contribution in [-0.4, -0.2) is 32.3 Å². The van der Waals surface area contributed by atoms with Crippen LogP contribution in [0.15, 0.2) is 30.3 Å². The van der Waals surface area contributed by atoms with Crippen molar-refractivity contribution in [3.05, 3.63) is 58.9 Å². The minimum atomic E-state index is -3.95. The second-order valence-corrected chi connectivity index (χ2v) is 9.81. The molecule has 1 fully saturated rings. The van der Waals surface area contributed by atoms with E-state index in [9.17, 15) is 17.6 Å². The van der Waals surface area contributed by atoms with E-state index < -0.39 is 23.2 Å². The first-order valence-corrected chi connectivity index (χ1v) is 11.9. The van der Waals surface area contributed by atoms with Crippen LogP contribution in [0.3, 0.4) is 0 Å². The summed E-state index contributed by atoms with van der Waals surface area (Å²) in [6, 6.07) is 8.81. The fraction of sp³-hybridized carbons (Fsp3) is 0.423. The van der Waals surface area contributed by atoms with Crippen LogP contribution in [0.25, 0.3) is 16.7 Å². The maximum atomic E-state index is 15.0. The van der Waals surface area contributed by atoms with Crippen molar-refractivity contribution in [1.82, 2.24) is 19.6 Å². The van der Waals surface area contributed by atoms with E-state index in [2.05, 4.69) is 28.2 Å². The molecule has 1 aliphatic heterocycles. The van der Waals surface area contributed by atoms with Gasteiger partial charge in [0.2, 0.25) is 0 Å². The predicted octanol–water partition coefficient (Wildman–Crippen LogP) is 7.00. The van der Waals surface area contributed by atoms with Gasteiger partial charge in [0.15, 0.2) is 11.6 Å². The maximum Gasteiger partial charge on any atom is 0.394 e. The molecule has 1 saturated carbocycles. The van der Waals surface area contributed by atoms with Gasteiger partial charge >= 0.3 is 6.18 Å². The molecule has 2 aliphatic rings. The lowest BCUT2D eigenvalue weighted by Gasteiger charge is -2.26. The van der Waals surface area contributed by atoms with Crippen LogP contribution in [0.5, 0.6) is 0 Å². The number of fused-ring (bicyclic) bond motifs is 4. The molecule has 2 aromatic carbocycles. The van der Waals surface area contributed by atoms with Crippen LogP contribution >= 0.6 is 0 Å². The highest BCUT2D eigenvalue weighted by atomic mass is 19.4. The van der Waals surface area contributed by atoms with Gasteiger partial charge in [-0.1, -0.05) is 19.1 Å². The molecule has 0 radical (unpaired) electrons. The maximum absolute atomic E-state index is 15.0. The molecule has 4 aromatic rings. The molecule has 190 valence electrons. The number of hydrogen-bond acceptors (Lipinski definition) is 4. The summed E-state index contributed by atoms with van der Waals surface area (Å²) in [4.78, 5) is 6.63. The summed E-state index contributed by atoms with van der Waals surface area (Å²) in [5.41, 5.74) is 2.62. The molecule has 0 N–H and O–H groups in total. The highest BCUT2D eigenvalue weighted by Crippen LogP contribution is 2.56. The third-order valence-corrected chi connectivity index (χ3v) is 7.23. The second kappa shape index (κ2) is 8.67. The molecule has 0 amide bonds. The summed E-state index contributed by atoms with van der Waals surface area (Å²) >= 11 is 0. The Bertz CT molecular complexity index is 1450. The van der Waals surface area contributed by atoms with Crippen molar-refractivity contribution in [3.8, 4) is 0 Å². The summed E-state index contributed by atoms with van der Waals surface area (Å²) in [7, 11) is 0. The summed E-state index contributed by atoms with van der Waals surface area (Å²) in [6.45, 7) is 5.79. The smallest absolute Gasteiger partial charge is 0.325 e. The van der Waals surface area contributed by atoms with Gasteiger partial charge in [-0.05, 0) is 75.3 Å². The topological polar surface area (TPSA) is 46.3 Å². The van der Waals surface area contributed by atoms with E-state index in [1.54, 1.807) is 17.4 Å². The Hall–Kier alpha value is -3.30. The van der Waals surface area contributed by atoms with E-state index in [0.29, 0.717) is 42.3 Å². The van der Waals surface area contributed by atoms with Gasteiger partial charge in [0.1, 0.15) is 11.6 Å². The van der Waals surface area contributed by atoms with Gasteiger partial charge in [0, 0.05) is 12.2 Å². The molecule has 36 heavy (non-hydrogen) atoms. The average Bonchev–Trinajstić information content (AvgIpc) is 3.54. The largest absolute Gasteiger partial charge is 0.394 e. The Kier molecular flexibility index (Phi) is 5.88. The van der Waals surface area contributed by atoms with E-state index >= 15 is 4.39 Å². The number of rotatable bonds is 1. The summed E-state index contributed by atoms with van der Waals surface area (Å²) in [6.07, 6.45) is -0.389. The third kappa shape index (κ3) is 4.06. The van der Waals surface area contributed by atoms with Crippen molar-refractivity contribution in [2.24, 2.45) is 5.41 Å². The van der Waals surface area contributed by atoms with E-state index in [1.807, 2.05) is 17.0 Å². The number of halogens is 5. The molecule has 0 unspecified atom stereocenters. The number of aryl methyl sites for hydroxylation is 2. The molecule has 0 atom stereocenters. The van der Waals surface area contributed by atoms with Gasteiger partial charge < -0.3 is 4.90 Å². The Morgan fingerprint density at radius 2 is 1.72 bits per heavy atom. The van der Waals surface area contributed by atoms with Crippen LogP contribution in [0.2, 0.25) is 0 Å². The highest BCUT2D eigenvalue weighted by Gasteiger charge is 2.59. The number of nitrogens with zero attached hydrogens (tertiary/aromatic N) is 5. The van der Waals surface area contributed by atoms with Gasteiger partial charge in [0.05, 0.1) is 16.3 Å². The van der Waals surface area contributed by atoms with Crippen molar-refractivity contribution >= 4 is 28.2 Å².